The van der Waals surface area contributed by atoms with E-state index in [-0.39, 0.29) is 19.0 Å². The average Bonchev–Trinajstić information content (AvgIpc) is 2.45. The third-order valence-electron chi connectivity index (χ3n) is 2.31. The maximum absolute atomic E-state index is 11.1. The maximum Gasteiger partial charge on any atom is 0.309 e. The van der Waals surface area contributed by atoms with Gasteiger partial charge in [-0.2, -0.15) is 0 Å². The molecule has 0 radical (unpaired) electrons. The highest BCUT2D eigenvalue weighted by Gasteiger charge is 2.00. The summed E-state index contributed by atoms with van der Waals surface area (Å²) < 4.78 is 10.3. The number of carbonyl (C=O) groups is 1. The molecule has 0 amide bonds. The molecule has 0 aromatic heterocycles. The zero-order chi connectivity index (χ0) is 14.6. The van der Waals surface area contributed by atoms with Crippen LogP contribution in [0.15, 0.2) is 29.4 Å². The molecule has 0 N–H and O–H groups in total. The first-order chi connectivity index (χ1) is 9.76. The Balaban J connectivity index is 2.32. The fraction of sp³-hybridized carbons (Fsp3) is 0.467. The number of hydrogen-bond acceptors (Lipinski definition) is 5. The summed E-state index contributed by atoms with van der Waals surface area (Å²) >= 11 is 0. The summed E-state index contributed by atoms with van der Waals surface area (Å²) in [6, 6.07) is 7.57. The number of ether oxygens (including phenoxy) is 2. The Kier molecular flexibility index (Phi) is 7.87. The zero-order valence-corrected chi connectivity index (χ0v) is 12.0. The third kappa shape index (κ3) is 6.78. The van der Waals surface area contributed by atoms with Gasteiger partial charge in [-0.3, -0.25) is 4.79 Å². The first-order valence-electron chi connectivity index (χ1n) is 6.80. The van der Waals surface area contributed by atoms with Crippen molar-refractivity contribution in [1.29, 1.82) is 0 Å². The van der Waals surface area contributed by atoms with Crippen LogP contribution in [0.25, 0.3) is 0 Å². The van der Waals surface area contributed by atoms with Crippen molar-refractivity contribution in [2.75, 3.05) is 19.8 Å². The molecule has 0 atom stereocenters. The molecule has 0 aliphatic rings. The minimum absolute atomic E-state index is 0.199. The van der Waals surface area contributed by atoms with Gasteiger partial charge in [0, 0.05) is 0 Å². The minimum atomic E-state index is -0.280. The van der Waals surface area contributed by atoms with Gasteiger partial charge < -0.3 is 14.3 Å². The van der Waals surface area contributed by atoms with E-state index in [1.165, 1.54) is 0 Å². The monoisotopic (exact) mass is 279 g/mol. The van der Waals surface area contributed by atoms with Gasteiger partial charge in [-0.25, -0.2) is 0 Å². The van der Waals surface area contributed by atoms with E-state index in [9.17, 15) is 4.79 Å². The molecular formula is C15H21NO4. The van der Waals surface area contributed by atoms with Gasteiger partial charge in [-0.1, -0.05) is 24.2 Å². The van der Waals surface area contributed by atoms with Gasteiger partial charge in [0.2, 0.25) is 0 Å². The van der Waals surface area contributed by atoms with Gasteiger partial charge in [-0.15, -0.1) is 0 Å². The molecule has 0 heterocycles. The topological polar surface area (TPSA) is 57.1 Å². The molecule has 5 nitrogen and oxygen atoms in total. The van der Waals surface area contributed by atoms with E-state index in [1.54, 1.807) is 13.1 Å². The minimum Gasteiger partial charge on any atom is -0.494 e. The van der Waals surface area contributed by atoms with Crippen molar-refractivity contribution < 1.29 is 19.1 Å². The summed E-state index contributed by atoms with van der Waals surface area (Å²) in [5, 5.41) is 3.81. The predicted octanol–water partition coefficient (Wildman–Crippen LogP) is 2.78. The van der Waals surface area contributed by atoms with Gasteiger partial charge in [-0.05, 0) is 31.0 Å². The van der Waals surface area contributed by atoms with Gasteiger partial charge in [0.15, 0.2) is 0 Å². The molecule has 0 fully saturated rings. The second-order valence-electron chi connectivity index (χ2n) is 4.04. The van der Waals surface area contributed by atoms with Crippen molar-refractivity contribution in [3.8, 4) is 5.75 Å². The molecule has 0 aliphatic heterocycles. The molecule has 110 valence electrons. The molecule has 0 saturated carbocycles. The summed E-state index contributed by atoms with van der Waals surface area (Å²) in [7, 11) is 0. The lowest BCUT2D eigenvalue weighted by Gasteiger charge is -2.04. The Morgan fingerprint density at radius 2 is 2.15 bits per heavy atom. The van der Waals surface area contributed by atoms with Crippen LogP contribution in [-0.4, -0.2) is 32.0 Å². The number of oxime groups is 1. The van der Waals surface area contributed by atoms with Crippen molar-refractivity contribution in [3.05, 3.63) is 29.8 Å². The summed E-state index contributed by atoms with van der Waals surface area (Å²) in [5.41, 5.74) is 0.884. The number of hydrogen-bond donors (Lipinski definition) is 0. The van der Waals surface area contributed by atoms with Crippen molar-refractivity contribution in [1.82, 2.24) is 0 Å². The molecule has 0 spiro atoms. The van der Waals surface area contributed by atoms with Crippen LogP contribution in [0.4, 0.5) is 0 Å². The lowest BCUT2D eigenvalue weighted by atomic mass is 10.2. The van der Waals surface area contributed by atoms with Gasteiger partial charge in [0.1, 0.15) is 12.4 Å². The normalized spacial score (nSPS) is 10.5. The van der Waals surface area contributed by atoms with E-state index in [2.05, 4.69) is 12.1 Å². The highest BCUT2D eigenvalue weighted by Crippen LogP contribution is 2.12. The van der Waals surface area contributed by atoms with Crippen molar-refractivity contribution in [2.24, 2.45) is 5.16 Å². The fourth-order valence-corrected chi connectivity index (χ4v) is 1.42. The number of rotatable bonds is 9. The highest BCUT2D eigenvalue weighted by atomic mass is 16.6. The van der Waals surface area contributed by atoms with Crippen LogP contribution < -0.4 is 4.74 Å². The van der Waals surface area contributed by atoms with Crippen LogP contribution in [0, 0.1) is 0 Å². The maximum atomic E-state index is 11.1. The van der Waals surface area contributed by atoms with Crippen molar-refractivity contribution in [3.63, 3.8) is 0 Å². The van der Waals surface area contributed by atoms with Crippen LogP contribution in [0.1, 0.15) is 32.3 Å². The molecule has 1 rings (SSSR count). The summed E-state index contributed by atoms with van der Waals surface area (Å²) in [6.45, 7) is 5.11. The van der Waals surface area contributed by atoms with Gasteiger partial charge in [0.25, 0.3) is 0 Å². The van der Waals surface area contributed by atoms with E-state index < -0.39 is 0 Å². The Hall–Kier alpha value is -2.04. The highest BCUT2D eigenvalue weighted by molar-refractivity contribution is 5.79. The van der Waals surface area contributed by atoms with Crippen molar-refractivity contribution >= 4 is 12.2 Å². The molecule has 0 saturated heterocycles. The lowest BCUT2D eigenvalue weighted by Crippen LogP contribution is -2.06. The average molecular weight is 279 g/mol. The third-order valence-corrected chi connectivity index (χ3v) is 2.31. The number of nitrogens with zero attached hydrogens (tertiary/aromatic N) is 1. The standard InChI is InChI=1S/C15H21NO4/c1-3-9-19-14-7-5-6-13(11-14)12-16-20-10-8-15(17)18-4-2/h5-7,11-12H,3-4,8-10H2,1-2H3/b16-12+. The summed E-state index contributed by atoms with van der Waals surface area (Å²) in [5.74, 6) is 0.528. The molecule has 0 unspecified atom stereocenters. The lowest BCUT2D eigenvalue weighted by molar-refractivity contribution is -0.144. The SMILES string of the molecule is CCCOc1cccc(/C=N/OCCC(=O)OCC)c1. The largest absolute Gasteiger partial charge is 0.494 e. The molecule has 0 bridgehead atoms. The van der Waals surface area contributed by atoms with Crippen LogP contribution >= 0.6 is 0 Å². The Morgan fingerprint density at radius 3 is 2.90 bits per heavy atom. The smallest absolute Gasteiger partial charge is 0.309 e. The van der Waals surface area contributed by atoms with Crippen LogP contribution in [0.5, 0.6) is 5.75 Å². The predicted molar refractivity (Wildman–Crippen MR) is 77.0 cm³/mol. The van der Waals surface area contributed by atoms with E-state index in [4.69, 9.17) is 14.3 Å². The van der Waals surface area contributed by atoms with E-state index in [0.29, 0.717) is 13.2 Å². The second-order valence-corrected chi connectivity index (χ2v) is 4.04. The van der Waals surface area contributed by atoms with Crippen LogP contribution in [0.2, 0.25) is 0 Å². The van der Waals surface area contributed by atoms with Gasteiger partial charge in [0.05, 0.1) is 25.8 Å². The molecule has 1 aromatic carbocycles. The fourth-order valence-electron chi connectivity index (χ4n) is 1.42. The molecule has 1 aromatic rings. The number of carbonyl (C=O) groups excluding carboxylic acids is 1. The molecule has 0 aliphatic carbocycles. The van der Waals surface area contributed by atoms with Crippen LogP contribution in [-0.2, 0) is 14.4 Å². The first kappa shape index (κ1) is 16.0. The number of esters is 1. The number of benzene rings is 1. The van der Waals surface area contributed by atoms with E-state index in [1.807, 2.05) is 24.3 Å². The quantitative estimate of drug-likeness (QED) is 0.302. The van der Waals surface area contributed by atoms with E-state index >= 15 is 0 Å². The Morgan fingerprint density at radius 1 is 1.30 bits per heavy atom. The Labute approximate surface area is 119 Å². The van der Waals surface area contributed by atoms with E-state index in [0.717, 1.165) is 17.7 Å². The van der Waals surface area contributed by atoms with Gasteiger partial charge >= 0.3 is 5.97 Å². The molecule has 20 heavy (non-hydrogen) atoms. The summed E-state index contributed by atoms with van der Waals surface area (Å²) in [4.78, 5) is 16.1. The molecule has 5 heteroatoms. The van der Waals surface area contributed by atoms with Crippen molar-refractivity contribution in [2.45, 2.75) is 26.7 Å². The second kappa shape index (κ2) is 9.83. The first-order valence-corrected chi connectivity index (χ1v) is 6.80. The Bertz CT molecular complexity index is 432. The summed E-state index contributed by atoms with van der Waals surface area (Å²) in [6.07, 6.45) is 2.75. The zero-order valence-electron chi connectivity index (χ0n) is 12.0. The van der Waals surface area contributed by atoms with Crippen LogP contribution in [0.3, 0.4) is 0 Å². The molecular weight excluding hydrogens is 258 g/mol.